The summed E-state index contributed by atoms with van der Waals surface area (Å²) < 4.78 is 0. The van der Waals surface area contributed by atoms with E-state index >= 15 is 0 Å². The SMILES string of the molecule is c1ccc2c(c1)CC1(CC1)[C@H]2C1CS1. The van der Waals surface area contributed by atoms with E-state index in [4.69, 9.17) is 0 Å². The molecule has 0 radical (unpaired) electrons. The van der Waals surface area contributed by atoms with Crippen molar-refractivity contribution in [2.75, 3.05) is 5.75 Å². The van der Waals surface area contributed by atoms with E-state index in [1.165, 1.54) is 25.0 Å². The summed E-state index contributed by atoms with van der Waals surface area (Å²) in [7, 11) is 0. The van der Waals surface area contributed by atoms with Gasteiger partial charge in [-0.25, -0.2) is 0 Å². The maximum absolute atomic E-state index is 2.38. The minimum atomic E-state index is 0.734. The van der Waals surface area contributed by atoms with Crippen LogP contribution < -0.4 is 0 Å². The summed E-state index contributed by atoms with van der Waals surface area (Å²) in [6.07, 6.45) is 4.36. The van der Waals surface area contributed by atoms with Crippen LogP contribution in [0.25, 0.3) is 0 Å². The number of rotatable bonds is 1. The number of hydrogen-bond donors (Lipinski definition) is 0. The van der Waals surface area contributed by atoms with E-state index in [1.807, 2.05) is 0 Å². The van der Waals surface area contributed by atoms with Crippen LogP contribution in [0, 0.1) is 5.41 Å². The minimum Gasteiger partial charge on any atom is -0.156 e. The largest absolute Gasteiger partial charge is 0.156 e. The second-order valence-electron chi connectivity index (χ2n) is 5.09. The lowest BCUT2D eigenvalue weighted by Gasteiger charge is -2.17. The van der Waals surface area contributed by atoms with E-state index in [9.17, 15) is 0 Å². The van der Waals surface area contributed by atoms with E-state index in [1.54, 1.807) is 11.1 Å². The van der Waals surface area contributed by atoms with Crippen LogP contribution in [0.5, 0.6) is 0 Å². The first-order chi connectivity index (χ1) is 6.89. The predicted molar refractivity (Wildman–Crippen MR) is 60.8 cm³/mol. The second kappa shape index (κ2) is 2.38. The number of benzene rings is 1. The third kappa shape index (κ3) is 0.916. The third-order valence-corrected chi connectivity index (χ3v) is 5.21. The zero-order chi connectivity index (χ0) is 9.17. The molecule has 1 saturated heterocycles. The Morgan fingerprint density at radius 3 is 2.71 bits per heavy atom. The summed E-state index contributed by atoms with van der Waals surface area (Å²) in [5, 5.41) is 0.973. The summed E-state index contributed by atoms with van der Waals surface area (Å²) in [5.41, 5.74) is 4.08. The molecule has 1 aromatic carbocycles. The van der Waals surface area contributed by atoms with Crippen LogP contribution in [-0.2, 0) is 6.42 Å². The Morgan fingerprint density at radius 2 is 2.00 bits per heavy atom. The van der Waals surface area contributed by atoms with Gasteiger partial charge >= 0.3 is 0 Å². The van der Waals surface area contributed by atoms with Gasteiger partial charge in [-0.15, -0.1) is 0 Å². The highest BCUT2D eigenvalue weighted by Gasteiger charge is 2.58. The summed E-state index contributed by atoms with van der Waals surface area (Å²) in [6.45, 7) is 0. The maximum Gasteiger partial charge on any atom is 0.0212 e. The first-order valence-corrected chi connectivity index (χ1v) is 6.63. The molecule has 1 unspecified atom stereocenters. The normalized spacial score (nSPS) is 35.7. The number of thioether (sulfide) groups is 1. The fraction of sp³-hybridized carbons (Fsp3) is 0.538. The molecule has 1 spiro atoms. The van der Waals surface area contributed by atoms with Crippen LogP contribution in [0.15, 0.2) is 24.3 Å². The van der Waals surface area contributed by atoms with Crippen LogP contribution in [0.2, 0.25) is 0 Å². The molecule has 1 aromatic rings. The Bertz CT molecular complexity index is 388. The van der Waals surface area contributed by atoms with Crippen LogP contribution in [0.4, 0.5) is 0 Å². The quantitative estimate of drug-likeness (QED) is 0.630. The van der Waals surface area contributed by atoms with Crippen LogP contribution in [-0.4, -0.2) is 11.0 Å². The Morgan fingerprint density at radius 1 is 1.21 bits per heavy atom. The van der Waals surface area contributed by atoms with Gasteiger partial charge in [0.1, 0.15) is 0 Å². The second-order valence-corrected chi connectivity index (χ2v) is 6.36. The van der Waals surface area contributed by atoms with Gasteiger partial charge in [0.05, 0.1) is 0 Å². The predicted octanol–water partition coefficient (Wildman–Crippen LogP) is 3.22. The van der Waals surface area contributed by atoms with Crippen molar-refractivity contribution in [3.05, 3.63) is 35.4 Å². The summed E-state index contributed by atoms with van der Waals surface area (Å²) >= 11 is 2.17. The van der Waals surface area contributed by atoms with Gasteiger partial charge in [0.2, 0.25) is 0 Å². The standard InChI is InChI=1S/C13H14S/c1-2-4-10-9(3-1)7-13(5-6-13)12(10)11-8-14-11/h1-4,11-12H,5-8H2/t11?,12-/m1/s1. The van der Waals surface area contributed by atoms with Crippen molar-refractivity contribution in [3.63, 3.8) is 0 Å². The first-order valence-electron chi connectivity index (χ1n) is 5.58. The van der Waals surface area contributed by atoms with E-state index < -0.39 is 0 Å². The molecular weight excluding hydrogens is 188 g/mol. The summed E-state index contributed by atoms with van der Waals surface area (Å²) in [4.78, 5) is 0. The molecule has 72 valence electrons. The van der Waals surface area contributed by atoms with E-state index in [0.717, 1.165) is 16.6 Å². The average molecular weight is 202 g/mol. The lowest BCUT2D eigenvalue weighted by atomic mass is 9.87. The van der Waals surface area contributed by atoms with Crippen molar-refractivity contribution >= 4 is 11.8 Å². The molecule has 0 nitrogen and oxygen atoms in total. The lowest BCUT2D eigenvalue weighted by Crippen LogP contribution is -2.13. The minimum absolute atomic E-state index is 0.734. The van der Waals surface area contributed by atoms with Crippen molar-refractivity contribution in [3.8, 4) is 0 Å². The smallest absolute Gasteiger partial charge is 0.0212 e. The molecule has 2 aliphatic carbocycles. The Balaban J connectivity index is 1.86. The van der Waals surface area contributed by atoms with E-state index in [2.05, 4.69) is 36.0 Å². The van der Waals surface area contributed by atoms with Gasteiger partial charge in [-0.05, 0) is 35.8 Å². The Kier molecular flexibility index (Phi) is 1.33. The van der Waals surface area contributed by atoms with Gasteiger partial charge in [0.15, 0.2) is 0 Å². The molecule has 0 bridgehead atoms. The van der Waals surface area contributed by atoms with Gasteiger partial charge < -0.3 is 0 Å². The monoisotopic (exact) mass is 202 g/mol. The van der Waals surface area contributed by atoms with Crippen molar-refractivity contribution < 1.29 is 0 Å². The molecule has 0 aromatic heterocycles. The molecule has 0 amide bonds. The lowest BCUT2D eigenvalue weighted by molar-refractivity contribution is 0.446. The van der Waals surface area contributed by atoms with Crippen molar-refractivity contribution in [2.24, 2.45) is 5.41 Å². The third-order valence-electron chi connectivity index (χ3n) is 4.22. The molecule has 4 rings (SSSR count). The molecule has 1 heteroatoms. The first kappa shape index (κ1) is 7.81. The molecule has 14 heavy (non-hydrogen) atoms. The van der Waals surface area contributed by atoms with Crippen molar-refractivity contribution in [2.45, 2.75) is 30.4 Å². The number of fused-ring (bicyclic) bond motifs is 1. The van der Waals surface area contributed by atoms with E-state index in [0.29, 0.717) is 0 Å². The highest BCUT2D eigenvalue weighted by atomic mass is 32.2. The highest BCUT2D eigenvalue weighted by molar-refractivity contribution is 8.06. The zero-order valence-corrected chi connectivity index (χ0v) is 9.02. The van der Waals surface area contributed by atoms with Crippen LogP contribution >= 0.6 is 11.8 Å². The summed E-state index contributed by atoms with van der Waals surface area (Å²) in [5.74, 6) is 2.34. The Hall–Kier alpha value is -0.430. The Labute approximate surface area is 89.1 Å². The average Bonchev–Trinajstić information content (AvgIpc) is 3.07. The topological polar surface area (TPSA) is 0 Å². The van der Waals surface area contributed by atoms with Gasteiger partial charge in [-0.2, -0.15) is 11.8 Å². The fourth-order valence-electron chi connectivity index (χ4n) is 3.31. The summed E-state index contributed by atoms with van der Waals surface area (Å²) in [6, 6.07) is 9.16. The molecule has 1 heterocycles. The maximum atomic E-state index is 2.38. The van der Waals surface area contributed by atoms with Gasteiger partial charge in [-0.1, -0.05) is 24.3 Å². The number of hydrogen-bond acceptors (Lipinski definition) is 1. The zero-order valence-electron chi connectivity index (χ0n) is 8.20. The molecule has 3 aliphatic rings. The van der Waals surface area contributed by atoms with Crippen LogP contribution in [0.1, 0.15) is 29.9 Å². The van der Waals surface area contributed by atoms with E-state index in [-0.39, 0.29) is 0 Å². The molecular formula is C13H14S. The molecule has 2 fully saturated rings. The van der Waals surface area contributed by atoms with Gasteiger partial charge in [0, 0.05) is 16.9 Å². The fourth-order valence-corrected chi connectivity index (χ4v) is 4.24. The van der Waals surface area contributed by atoms with Crippen LogP contribution in [0.3, 0.4) is 0 Å². The molecule has 1 saturated carbocycles. The highest BCUT2D eigenvalue weighted by Crippen LogP contribution is 2.67. The van der Waals surface area contributed by atoms with Gasteiger partial charge in [0.25, 0.3) is 0 Å². The molecule has 1 aliphatic heterocycles. The van der Waals surface area contributed by atoms with Gasteiger partial charge in [-0.3, -0.25) is 0 Å². The van der Waals surface area contributed by atoms with Crippen molar-refractivity contribution in [1.82, 2.24) is 0 Å². The molecule has 0 N–H and O–H groups in total. The molecule has 2 atom stereocenters. The van der Waals surface area contributed by atoms with Crippen molar-refractivity contribution in [1.29, 1.82) is 0 Å².